The van der Waals surface area contributed by atoms with E-state index in [1.54, 1.807) is 16.7 Å². The molecule has 14 heavy (non-hydrogen) atoms. The zero-order chi connectivity index (χ0) is 11.1. The summed E-state index contributed by atoms with van der Waals surface area (Å²) < 4.78 is 0. The van der Waals surface area contributed by atoms with Gasteiger partial charge in [-0.05, 0) is 12.2 Å². The topological polar surface area (TPSA) is 46.3 Å². The average Bonchev–Trinajstić information content (AvgIpc) is 2.13. The molecule has 0 aromatic rings. The summed E-state index contributed by atoms with van der Waals surface area (Å²) in [5.74, 6) is 1.51. The van der Waals surface area contributed by atoms with Crippen LogP contribution in [0.25, 0.3) is 0 Å². The Labute approximate surface area is 91.4 Å². The SMILES string of the molecule is CSCCN(C)C(=O)CC(N)C(C)C. The van der Waals surface area contributed by atoms with Crippen LogP contribution in [-0.4, -0.2) is 42.4 Å². The Bertz CT molecular complexity index is 174. The number of nitrogens with two attached hydrogens (primary N) is 1. The van der Waals surface area contributed by atoms with Gasteiger partial charge in [-0.15, -0.1) is 0 Å². The summed E-state index contributed by atoms with van der Waals surface area (Å²) in [6, 6.07) is -0.0146. The van der Waals surface area contributed by atoms with Crippen molar-refractivity contribution in [3.05, 3.63) is 0 Å². The van der Waals surface area contributed by atoms with Gasteiger partial charge in [0.15, 0.2) is 0 Å². The maximum absolute atomic E-state index is 11.6. The minimum absolute atomic E-state index is 0.0146. The molecule has 0 aliphatic carbocycles. The minimum atomic E-state index is -0.0146. The average molecular weight is 218 g/mol. The summed E-state index contributed by atoms with van der Waals surface area (Å²) >= 11 is 1.75. The lowest BCUT2D eigenvalue weighted by Gasteiger charge is -2.20. The zero-order valence-electron chi connectivity index (χ0n) is 9.62. The number of hydrogen-bond acceptors (Lipinski definition) is 3. The van der Waals surface area contributed by atoms with Crippen LogP contribution in [0.2, 0.25) is 0 Å². The van der Waals surface area contributed by atoms with Crippen molar-refractivity contribution >= 4 is 17.7 Å². The van der Waals surface area contributed by atoms with Gasteiger partial charge in [0.1, 0.15) is 0 Å². The van der Waals surface area contributed by atoms with E-state index < -0.39 is 0 Å². The molecule has 0 fully saturated rings. The third-order valence-corrected chi connectivity index (χ3v) is 2.91. The Morgan fingerprint density at radius 1 is 1.50 bits per heavy atom. The van der Waals surface area contributed by atoms with E-state index in [-0.39, 0.29) is 11.9 Å². The van der Waals surface area contributed by atoms with E-state index in [1.807, 2.05) is 27.2 Å². The summed E-state index contributed by atoms with van der Waals surface area (Å²) in [7, 11) is 1.84. The monoisotopic (exact) mass is 218 g/mol. The van der Waals surface area contributed by atoms with Gasteiger partial charge in [-0.2, -0.15) is 11.8 Å². The van der Waals surface area contributed by atoms with Crippen molar-refractivity contribution in [2.75, 3.05) is 25.6 Å². The minimum Gasteiger partial charge on any atom is -0.345 e. The lowest BCUT2D eigenvalue weighted by molar-refractivity contribution is -0.130. The molecule has 0 spiro atoms. The summed E-state index contributed by atoms with van der Waals surface area (Å²) in [5, 5.41) is 0. The lowest BCUT2D eigenvalue weighted by Crippen LogP contribution is -2.36. The summed E-state index contributed by atoms with van der Waals surface area (Å²) in [6.45, 7) is 4.89. The fraction of sp³-hybridized carbons (Fsp3) is 0.900. The van der Waals surface area contributed by atoms with Crippen LogP contribution in [0.1, 0.15) is 20.3 Å². The highest BCUT2D eigenvalue weighted by atomic mass is 32.2. The lowest BCUT2D eigenvalue weighted by atomic mass is 10.0. The van der Waals surface area contributed by atoms with Gasteiger partial charge < -0.3 is 10.6 Å². The van der Waals surface area contributed by atoms with Crippen molar-refractivity contribution < 1.29 is 4.79 Å². The van der Waals surface area contributed by atoms with Gasteiger partial charge in [0.25, 0.3) is 0 Å². The molecule has 0 aliphatic rings. The summed E-state index contributed by atoms with van der Waals surface area (Å²) in [5.41, 5.74) is 5.83. The molecule has 0 rings (SSSR count). The number of carbonyl (C=O) groups is 1. The van der Waals surface area contributed by atoms with E-state index in [0.29, 0.717) is 12.3 Å². The molecule has 0 aromatic heterocycles. The van der Waals surface area contributed by atoms with E-state index in [4.69, 9.17) is 5.73 Å². The highest BCUT2D eigenvalue weighted by molar-refractivity contribution is 7.98. The van der Waals surface area contributed by atoms with Crippen LogP contribution in [-0.2, 0) is 4.79 Å². The highest BCUT2D eigenvalue weighted by Gasteiger charge is 2.15. The number of thioether (sulfide) groups is 1. The third-order valence-electron chi connectivity index (χ3n) is 2.32. The van der Waals surface area contributed by atoms with E-state index in [9.17, 15) is 4.79 Å². The number of amides is 1. The Kier molecular flexibility index (Phi) is 7.01. The normalized spacial score (nSPS) is 13.0. The van der Waals surface area contributed by atoms with Crippen LogP contribution >= 0.6 is 11.8 Å². The largest absolute Gasteiger partial charge is 0.345 e. The Hall–Kier alpha value is -0.220. The van der Waals surface area contributed by atoms with E-state index >= 15 is 0 Å². The van der Waals surface area contributed by atoms with Crippen molar-refractivity contribution in [2.45, 2.75) is 26.3 Å². The van der Waals surface area contributed by atoms with Gasteiger partial charge in [0.05, 0.1) is 0 Å². The molecule has 2 N–H and O–H groups in total. The van der Waals surface area contributed by atoms with Gasteiger partial charge in [-0.3, -0.25) is 4.79 Å². The van der Waals surface area contributed by atoms with Crippen molar-refractivity contribution in [1.29, 1.82) is 0 Å². The maximum Gasteiger partial charge on any atom is 0.223 e. The second-order valence-electron chi connectivity index (χ2n) is 3.92. The van der Waals surface area contributed by atoms with E-state index in [0.717, 1.165) is 12.3 Å². The van der Waals surface area contributed by atoms with Crippen molar-refractivity contribution in [2.24, 2.45) is 11.7 Å². The van der Waals surface area contributed by atoms with Gasteiger partial charge in [-0.1, -0.05) is 13.8 Å². The Balaban J connectivity index is 3.82. The maximum atomic E-state index is 11.6. The first-order chi connectivity index (χ1) is 6.49. The first kappa shape index (κ1) is 13.8. The smallest absolute Gasteiger partial charge is 0.223 e. The van der Waals surface area contributed by atoms with Crippen LogP contribution < -0.4 is 5.73 Å². The van der Waals surface area contributed by atoms with Gasteiger partial charge in [-0.25, -0.2) is 0 Å². The number of hydrogen-bond donors (Lipinski definition) is 1. The van der Waals surface area contributed by atoms with Gasteiger partial charge in [0, 0.05) is 31.8 Å². The van der Waals surface area contributed by atoms with Crippen LogP contribution in [0.5, 0.6) is 0 Å². The first-order valence-electron chi connectivity index (χ1n) is 4.97. The quantitative estimate of drug-likeness (QED) is 0.728. The number of nitrogens with zero attached hydrogens (tertiary/aromatic N) is 1. The molecule has 0 aliphatic heterocycles. The molecular weight excluding hydrogens is 196 g/mol. The van der Waals surface area contributed by atoms with Crippen molar-refractivity contribution in [1.82, 2.24) is 4.90 Å². The summed E-state index contributed by atoms with van der Waals surface area (Å²) in [6.07, 6.45) is 2.50. The molecule has 84 valence electrons. The summed E-state index contributed by atoms with van der Waals surface area (Å²) in [4.78, 5) is 13.4. The molecule has 4 heteroatoms. The van der Waals surface area contributed by atoms with Crippen LogP contribution in [0, 0.1) is 5.92 Å². The predicted molar refractivity (Wildman–Crippen MR) is 63.4 cm³/mol. The molecule has 0 saturated carbocycles. The number of rotatable bonds is 6. The standard InChI is InChI=1S/C10H22N2OS/c1-8(2)9(11)7-10(13)12(3)5-6-14-4/h8-9H,5-7,11H2,1-4H3. The molecule has 0 bridgehead atoms. The molecule has 1 amide bonds. The van der Waals surface area contributed by atoms with Crippen LogP contribution in [0.4, 0.5) is 0 Å². The Morgan fingerprint density at radius 3 is 2.50 bits per heavy atom. The molecule has 0 radical (unpaired) electrons. The highest BCUT2D eigenvalue weighted by Crippen LogP contribution is 2.05. The number of carbonyl (C=O) groups excluding carboxylic acids is 1. The van der Waals surface area contributed by atoms with Crippen molar-refractivity contribution in [3.63, 3.8) is 0 Å². The van der Waals surface area contributed by atoms with Crippen LogP contribution in [0.3, 0.4) is 0 Å². The second kappa shape index (κ2) is 7.12. The second-order valence-corrected chi connectivity index (χ2v) is 4.91. The molecule has 1 atom stereocenters. The molecule has 3 nitrogen and oxygen atoms in total. The molecule has 1 unspecified atom stereocenters. The fourth-order valence-corrected chi connectivity index (χ4v) is 1.40. The molecule has 0 saturated heterocycles. The van der Waals surface area contributed by atoms with Crippen LogP contribution in [0.15, 0.2) is 0 Å². The third kappa shape index (κ3) is 5.50. The molecular formula is C10H22N2OS. The fourth-order valence-electron chi connectivity index (χ4n) is 0.946. The Morgan fingerprint density at radius 2 is 2.07 bits per heavy atom. The predicted octanol–water partition coefficient (Wildman–Crippen LogP) is 1.18. The molecule has 0 aromatic carbocycles. The van der Waals surface area contributed by atoms with E-state index in [1.165, 1.54) is 0 Å². The first-order valence-corrected chi connectivity index (χ1v) is 6.37. The van der Waals surface area contributed by atoms with E-state index in [2.05, 4.69) is 0 Å². The molecule has 0 heterocycles. The zero-order valence-corrected chi connectivity index (χ0v) is 10.4. The van der Waals surface area contributed by atoms with Gasteiger partial charge >= 0.3 is 0 Å². The van der Waals surface area contributed by atoms with Crippen molar-refractivity contribution in [3.8, 4) is 0 Å². The van der Waals surface area contributed by atoms with Gasteiger partial charge in [0.2, 0.25) is 5.91 Å².